The predicted octanol–water partition coefficient (Wildman–Crippen LogP) is 1.10. The van der Waals surface area contributed by atoms with Gasteiger partial charge in [-0.2, -0.15) is 0 Å². The van der Waals surface area contributed by atoms with Gasteiger partial charge in [0.1, 0.15) is 0 Å². The van der Waals surface area contributed by atoms with Gasteiger partial charge in [-0.05, 0) is 25.3 Å². The molecule has 0 fully saturated rings. The van der Waals surface area contributed by atoms with Gasteiger partial charge in [0.05, 0.1) is 6.04 Å². The Labute approximate surface area is 109 Å². The molecule has 4 heteroatoms. The minimum Gasteiger partial charge on any atom is -0.385 e. The molecule has 0 aliphatic carbocycles. The molecule has 0 saturated heterocycles. The summed E-state index contributed by atoms with van der Waals surface area (Å²) in [7, 11) is 1.60. The van der Waals surface area contributed by atoms with Crippen LogP contribution >= 0.6 is 0 Å². The maximum atomic E-state index is 11.8. The molecule has 0 aromatic heterocycles. The largest absolute Gasteiger partial charge is 0.385 e. The molecule has 0 aliphatic heterocycles. The summed E-state index contributed by atoms with van der Waals surface area (Å²) in [4.78, 5) is 11.8. The Hall–Kier alpha value is -1.39. The van der Waals surface area contributed by atoms with E-state index in [2.05, 4.69) is 5.32 Å². The van der Waals surface area contributed by atoms with Crippen molar-refractivity contribution in [2.45, 2.75) is 31.8 Å². The van der Waals surface area contributed by atoms with Crippen molar-refractivity contribution in [3.63, 3.8) is 0 Å². The van der Waals surface area contributed by atoms with E-state index < -0.39 is 6.04 Å². The van der Waals surface area contributed by atoms with Crippen LogP contribution in [-0.2, 0) is 16.0 Å². The topological polar surface area (TPSA) is 64.3 Å². The van der Waals surface area contributed by atoms with E-state index in [-0.39, 0.29) is 11.9 Å². The highest BCUT2D eigenvalue weighted by atomic mass is 16.5. The molecule has 1 aromatic carbocycles. The lowest BCUT2D eigenvalue weighted by atomic mass is 10.1. The van der Waals surface area contributed by atoms with Crippen LogP contribution in [0.5, 0.6) is 0 Å². The third-order valence-electron chi connectivity index (χ3n) is 2.74. The van der Waals surface area contributed by atoms with Crippen molar-refractivity contribution in [1.29, 1.82) is 0 Å². The van der Waals surface area contributed by atoms with E-state index in [9.17, 15) is 4.79 Å². The maximum absolute atomic E-state index is 11.8. The molecule has 1 amide bonds. The van der Waals surface area contributed by atoms with Crippen LogP contribution in [0.1, 0.15) is 18.9 Å². The number of hydrogen-bond donors (Lipinski definition) is 2. The predicted molar refractivity (Wildman–Crippen MR) is 72.2 cm³/mol. The number of methoxy groups -OCH3 is 1. The summed E-state index contributed by atoms with van der Waals surface area (Å²) < 4.78 is 4.90. The number of carbonyl (C=O) groups excluding carboxylic acids is 1. The van der Waals surface area contributed by atoms with E-state index in [4.69, 9.17) is 10.5 Å². The van der Waals surface area contributed by atoms with Crippen LogP contribution < -0.4 is 11.1 Å². The highest BCUT2D eigenvalue weighted by molar-refractivity contribution is 5.81. The van der Waals surface area contributed by atoms with Crippen LogP contribution in [0, 0.1) is 0 Å². The van der Waals surface area contributed by atoms with E-state index in [0.29, 0.717) is 13.0 Å². The summed E-state index contributed by atoms with van der Waals surface area (Å²) in [5, 5.41) is 2.92. The lowest BCUT2D eigenvalue weighted by Crippen LogP contribution is -2.45. The van der Waals surface area contributed by atoms with Crippen LogP contribution in [0.25, 0.3) is 0 Å². The number of benzene rings is 1. The third kappa shape index (κ3) is 5.29. The molecular weight excluding hydrogens is 228 g/mol. The molecular formula is C14H22N2O2. The Balaban J connectivity index is 2.35. The van der Waals surface area contributed by atoms with E-state index in [0.717, 1.165) is 6.42 Å². The van der Waals surface area contributed by atoms with E-state index in [1.165, 1.54) is 5.56 Å². The second-order valence-electron chi connectivity index (χ2n) is 4.49. The van der Waals surface area contributed by atoms with Gasteiger partial charge in [0.15, 0.2) is 0 Å². The number of rotatable bonds is 7. The Morgan fingerprint density at radius 3 is 2.67 bits per heavy atom. The molecule has 2 unspecified atom stereocenters. The van der Waals surface area contributed by atoms with Gasteiger partial charge < -0.3 is 15.8 Å². The first-order chi connectivity index (χ1) is 8.63. The number of nitrogens with two attached hydrogens (primary N) is 1. The van der Waals surface area contributed by atoms with Crippen molar-refractivity contribution < 1.29 is 9.53 Å². The molecule has 1 aromatic rings. The van der Waals surface area contributed by atoms with Gasteiger partial charge in [0, 0.05) is 19.8 Å². The zero-order valence-corrected chi connectivity index (χ0v) is 11.1. The fourth-order valence-electron chi connectivity index (χ4n) is 1.74. The number of nitrogens with one attached hydrogen (secondary N) is 1. The van der Waals surface area contributed by atoms with Gasteiger partial charge in [-0.25, -0.2) is 0 Å². The first kappa shape index (κ1) is 14.7. The molecule has 4 nitrogen and oxygen atoms in total. The molecule has 100 valence electrons. The lowest BCUT2D eigenvalue weighted by molar-refractivity contribution is -0.123. The third-order valence-corrected chi connectivity index (χ3v) is 2.74. The molecule has 0 heterocycles. The van der Waals surface area contributed by atoms with Gasteiger partial charge in [0.25, 0.3) is 0 Å². The highest BCUT2D eigenvalue weighted by Crippen LogP contribution is 2.03. The number of carbonyl (C=O) groups is 1. The number of amides is 1. The second-order valence-corrected chi connectivity index (χ2v) is 4.49. The molecule has 0 spiro atoms. The molecule has 2 atom stereocenters. The minimum atomic E-state index is -0.497. The lowest BCUT2D eigenvalue weighted by Gasteiger charge is -2.17. The van der Waals surface area contributed by atoms with Crippen molar-refractivity contribution in [3.8, 4) is 0 Å². The van der Waals surface area contributed by atoms with E-state index in [1.807, 2.05) is 37.3 Å². The van der Waals surface area contributed by atoms with Crippen LogP contribution in [-0.4, -0.2) is 31.7 Å². The van der Waals surface area contributed by atoms with Crippen molar-refractivity contribution in [2.75, 3.05) is 13.7 Å². The monoisotopic (exact) mass is 250 g/mol. The molecule has 0 saturated carbocycles. The Kier molecular flexibility index (Phi) is 6.39. The Morgan fingerprint density at radius 2 is 2.06 bits per heavy atom. The smallest absolute Gasteiger partial charge is 0.237 e. The van der Waals surface area contributed by atoms with Crippen molar-refractivity contribution >= 4 is 5.91 Å². The van der Waals surface area contributed by atoms with E-state index in [1.54, 1.807) is 7.11 Å². The minimum absolute atomic E-state index is 0.0773. The number of hydrogen-bond acceptors (Lipinski definition) is 3. The SMILES string of the molecule is COCCC(N)C(=O)NC(C)Cc1ccccc1. The number of ether oxygens (including phenoxy) is 1. The summed E-state index contributed by atoms with van der Waals surface area (Å²) in [6.07, 6.45) is 1.35. The zero-order valence-electron chi connectivity index (χ0n) is 11.1. The van der Waals surface area contributed by atoms with Gasteiger partial charge >= 0.3 is 0 Å². The molecule has 0 bridgehead atoms. The molecule has 3 N–H and O–H groups in total. The maximum Gasteiger partial charge on any atom is 0.237 e. The standard InChI is InChI=1S/C14H22N2O2/c1-11(10-12-6-4-3-5-7-12)16-14(17)13(15)8-9-18-2/h3-7,11,13H,8-10,15H2,1-2H3,(H,16,17). The van der Waals surface area contributed by atoms with Crippen LogP contribution in [0.4, 0.5) is 0 Å². The summed E-state index contributed by atoms with van der Waals surface area (Å²) >= 11 is 0. The normalized spacial score (nSPS) is 13.9. The van der Waals surface area contributed by atoms with Gasteiger partial charge in [-0.3, -0.25) is 4.79 Å². The average molecular weight is 250 g/mol. The Morgan fingerprint density at radius 1 is 1.39 bits per heavy atom. The molecule has 1 rings (SSSR count). The summed E-state index contributed by atoms with van der Waals surface area (Å²) in [5.41, 5.74) is 6.96. The fourth-order valence-corrected chi connectivity index (χ4v) is 1.74. The first-order valence-corrected chi connectivity index (χ1v) is 6.22. The van der Waals surface area contributed by atoms with Crippen molar-refractivity contribution in [1.82, 2.24) is 5.32 Å². The molecule has 0 radical (unpaired) electrons. The quantitative estimate of drug-likeness (QED) is 0.761. The van der Waals surface area contributed by atoms with Crippen molar-refractivity contribution in [3.05, 3.63) is 35.9 Å². The Bertz CT molecular complexity index is 354. The zero-order chi connectivity index (χ0) is 13.4. The average Bonchev–Trinajstić information content (AvgIpc) is 2.36. The fraction of sp³-hybridized carbons (Fsp3) is 0.500. The van der Waals surface area contributed by atoms with Gasteiger partial charge in [0.2, 0.25) is 5.91 Å². The summed E-state index contributed by atoms with van der Waals surface area (Å²) in [6, 6.07) is 9.65. The van der Waals surface area contributed by atoms with E-state index >= 15 is 0 Å². The molecule has 18 heavy (non-hydrogen) atoms. The van der Waals surface area contributed by atoms with Gasteiger partial charge in [-0.15, -0.1) is 0 Å². The second kappa shape index (κ2) is 7.84. The first-order valence-electron chi connectivity index (χ1n) is 6.22. The van der Waals surface area contributed by atoms with Crippen LogP contribution in [0.15, 0.2) is 30.3 Å². The van der Waals surface area contributed by atoms with Crippen LogP contribution in [0.2, 0.25) is 0 Å². The summed E-state index contributed by atoms with van der Waals surface area (Å²) in [5.74, 6) is -0.115. The van der Waals surface area contributed by atoms with Crippen LogP contribution in [0.3, 0.4) is 0 Å². The highest BCUT2D eigenvalue weighted by Gasteiger charge is 2.15. The van der Waals surface area contributed by atoms with Gasteiger partial charge in [-0.1, -0.05) is 30.3 Å². The molecule has 0 aliphatic rings. The summed E-state index contributed by atoms with van der Waals surface area (Å²) in [6.45, 7) is 2.48. The van der Waals surface area contributed by atoms with Crippen molar-refractivity contribution in [2.24, 2.45) is 5.73 Å².